The van der Waals surface area contributed by atoms with E-state index >= 15 is 0 Å². The molecule has 0 rings (SSSR count). The molecule has 0 fully saturated rings. The molecule has 0 amide bonds. The predicted octanol–water partition coefficient (Wildman–Crippen LogP) is 2.19. The number of rotatable bonds is 21. The molecule has 0 aromatic carbocycles. The van der Waals surface area contributed by atoms with Gasteiger partial charge in [-0.1, -0.05) is 70.4 Å². The number of allylic oxidation sites excluding steroid dienone is 2. The van der Waals surface area contributed by atoms with Gasteiger partial charge in [-0.05, 0) is 44.9 Å². The van der Waals surface area contributed by atoms with Crippen LogP contribution in [-0.2, 0) is 19.1 Å². The molecule has 0 aliphatic heterocycles. The van der Waals surface area contributed by atoms with Gasteiger partial charge in [-0.3, -0.25) is 4.79 Å². The molecule has 8 heteroatoms. The number of aliphatic hydroxyl groups excluding tert-OH is 2. The highest BCUT2D eigenvalue weighted by molar-refractivity contribution is 5.72. The molecule has 0 saturated carbocycles. The lowest BCUT2D eigenvalue weighted by molar-refractivity contribution is -0.315. The fourth-order valence-electron chi connectivity index (χ4n) is 2.86. The molecule has 0 aromatic heterocycles. The van der Waals surface area contributed by atoms with Gasteiger partial charge in [0.25, 0.3) is 0 Å². The van der Waals surface area contributed by atoms with Crippen molar-refractivity contribution < 1.29 is 39.5 Å². The van der Waals surface area contributed by atoms with E-state index in [1.54, 1.807) is 0 Å². The Bertz CT molecular complexity index is 491. The van der Waals surface area contributed by atoms with E-state index in [1.165, 1.54) is 57.8 Å². The Morgan fingerprint density at radius 1 is 0.758 bits per heavy atom. The molecular weight excluding hydrogens is 428 g/mol. The van der Waals surface area contributed by atoms with E-state index in [1.807, 2.05) is 0 Å². The van der Waals surface area contributed by atoms with Crippen molar-refractivity contribution in [1.82, 2.24) is 0 Å². The number of carboxylic acids is 2. The standard InChI is InChI=1S/C21H40O4.C4H6O4/c1-2-3-4-5-6-7-8-9-10-11-12-13-14-15-16-17-21(24)25-19-20(23)18-22;5-3(6)1-2-4(7)8/h9-10,20,22-23H,2-8,11-19H2,1H3;1-2H2,(H,5,6)(H,7,8)/p-2/b10-9-;. The lowest BCUT2D eigenvalue weighted by atomic mass is 10.1. The second kappa shape index (κ2) is 26.3. The van der Waals surface area contributed by atoms with Crippen LogP contribution in [-0.4, -0.2) is 47.4 Å². The van der Waals surface area contributed by atoms with Crippen molar-refractivity contribution >= 4 is 17.9 Å². The number of unbranched alkanes of at least 4 members (excludes halogenated alkanes) is 11. The summed E-state index contributed by atoms with van der Waals surface area (Å²) in [5, 5.41) is 36.7. The topological polar surface area (TPSA) is 147 Å². The van der Waals surface area contributed by atoms with Gasteiger partial charge in [-0.2, -0.15) is 0 Å². The van der Waals surface area contributed by atoms with Crippen LogP contribution in [0, 0.1) is 0 Å². The van der Waals surface area contributed by atoms with Crippen LogP contribution in [0.3, 0.4) is 0 Å². The average molecular weight is 473 g/mol. The molecule has 2 N–H and O–H groups in total. The zero-order chi connectivity index (χ0) is 25.2. The molecule has 1 atom stereocenters. The van der Waals surface area contributed by atoms with Gasteiger partial charge in [0.05, 0.1) is 6.61 Å². The normalized spacial score (nSPS) is 11.6. The summed E-state index contributed by atoms with van der Waals surface area (Å²) in [6.45, 7) is 1.77. The number of aliphatic carboxylic acids is 2. The Morgan fingerprint density at radius 3 is 1.67 bits per heavy atom. The molecular formula is C25H44O8-2. The minimum atomic E-state index is -1.37. The van der Waals surface area contributed by atoms with Gasteiger partial charge in [0, 0.05) is 18.4 Å². The number of ether oxygens (including phenoxy) is 1. The van der Waals surface area contributed by atoms with E-state index in [2.05, 4.69) is 19.1 Å². The lowest BCUT2D eigenvalue weighted by Gasteiger charge is -2.08. The monoisotopic (exact) mass is 472 g/mol. The van der Waals surface area contributed by atoms with Gasteiger partial charge < -0.3 is 34.8 Å². The number of aliphatic hydroxyl groups is 2. The highest BCUT2D eigenvalue weighted by Crippen LogP contribution is 2.10. The summed E-state index contributed by atoms with van der Waals surface area (Å²) in [7, 11) is 0. The van der Waals surface area contributed by atoms with Gasteiger partial charge in [0.15, 0.2) is 0 Å². The zero-order valence-corrected chi connectivity index (χ0v) is 20.3. The Morgan fingerprint density at radius 2 is 1.21 bits per heavy atom. The molecule has 8 nitrogen and oxygen atoms in total. The molecule has 0 saturated heterocycles. The van der Waals surface area contributed by atoms with E-state index in [0.29, 0.717) is 6.42 Å². The Kier molecular flexibility index (Phi) is 26.5. The van der Waals surface area contributed by atoms with Crippen LogP contribution in [0.2, 0.25) is 0 Å². The lowest BCUT2D eigenvalue weighted by Crippen LogP contribution is -2.27. The van der Waals surface area contributed by atoms with Gasteiger partial charge in [-0.15, -0.1) is 0 Å². The predicted molar refractivity (Wildman–Crippen MR) is 123 cm³/mol. The summed E-state index contributed by atoms with van der Waals surface area (Å²) in [4.78, 5) is 30.4. The minimum Gasteiger partial charge on any atom is -0.550 e. The number of hydrogen-bond acceptors (Lipinski definition) is 8. The summed E-state index contributed by atoms with van der Waals surface area (Å²) in [5.41, 5.74) is 0. The first-order valence-corrected chi connectivity index (χ1v) is 12.3. The Labute approximate surface area is 199 Å². The fourth-order valence-corrected chi connectivity index (χ4v) is 2.86. The summed E-state index contributed by atoms with van der Waals surface area (Å²) in [5.74, 6) is -3.02. The van der Waals surface area contributed by atoms with Crippen molar-refractivity contribution in [2.75, 3.05) is 13.2 Å². The molecule has 0 aliphatic carbocycles. The van der Waals surface area contributed by atoms with Crippen molar-refractivity contribution in [3.05, 3.63) is 12.2 Å². The van der Waals surface area contributed by atoms with Crippen LogP contribution < -0.4 is 10.2 Å². The first-order valence-electron chi connectivity index (χ1n) is 12.3. The van der Waals surface area contributed by atoms with Crippen molar-refractivity contribution in [3.63, 3.8) is 0 Å². The molecule has 0 aromatic rings. The van der Waals surface area contributed by atoms with Gasteiger partial charge in [0.1, 0.15) is 12.7 Å². The second-order valence-corrected chi connectivity index (χ2v) is 8.10. The molecule has 0 radical (unpaired) electrons. The Balaban J connectivity index is 0. The van der Waals surface area contributed by atoms with E-state index < -0.39 is 30.9 Å². The largest absolute Gasteiger partial charge is 0.550 e. The smallest absolute Gasteiger partial charge is 0.305 e. The van der Waals surface area contributed by atoms with Crippen LogP contribution in [0.5, 0.6) is 0 Å². The molecule has 1 unspecified atom stereocenters. The number of esters is 1. The van der Waals surface area contributed by atoms with Gasteiger partial charge >= 0.3 is 5.97 Å². The first-order chi connectivity index (χ1) is 15.8. The maximum Gasteiger partial charge on any atom is 0.305 e. The maximum absolute atomic E-state index is 11.4. The minimum absolute atomic E-state index is 0.111. The average Bonchev–Trinajstić information content (AvgIpc) is 2.79. The summed E-state index contributed by atoms with van der Waals surface area (Å²) in [6.07, 6.45) is 19.2. The number of carboxylic acid groups (broad SMARTS) is 2. The summed E-state index contributed by atoms with van der Waals surface area (Å²) in [6, 6.07) is 0. The van der Waals surface area contributed by atoms with Gasteiger partial charge in [0.2, 0.25) is 0 Å². The summed E-state index contributed by atoms with van der Waals surface area (Å²) >= 11 is 0. The third kappa shape index (κ3) is 32.3. The second-order valence-electron chi connectivity index (χ2n) is 8.10. The van der Waals surface area contributed by atoms with Crippen molar-refractivity contribution in [1.29, 1.82) is 0 Å². The van der Waals surface area contributed by atoms with Crippen LogP contribution in [0.1, 0.15) is 110 Å². The van der Waals surface area contributed by atoms with Crippen molar-refractivity contribution in [3.8, 4) is 0 Å². The van der Waals surface area contributed by atoms with Crippen LogP contribution in [0.25, 0.3) is 0 Å². The van der Waals surface area contributed by atoms with Crippen molar-refractivity contribution in [2.45, 2.75) is 116 Å². The van der Waals surface area contributed by atoms with E-state index in [9.17, 15) is 24.6 Å². The third-order valence-corrected chi connectivity index (χ3v) is 4.82. The van der Waals surface area contributed by atoms with Gasteiger partial charge in [-0.25, -0.2) is 0 Å². The van der Waals surface area contributed by atoms with Crippen LogP contribution in [0.15, 0.2) is 12.2 Å². The first kappa shape index (κ1) is 33.2. The van der Waals surface area contributed by atoms with Crippen LogP contribution in [0.4, 0.5) is 0 Å². The molecule has 0 spiro atoms. The van der Waals surface area contributed by atoms with Crippen LogP contribution >= 0.6 is 0 Å². The quantitative estimate of drug-likeness (QED) is 0.147. The Hall–Kier alpha value is -1.93. The molecule has 33 heavy (non-hydrogen) atoms. The fraction of sp³-hybridized carbons (Fsp3) is 0.800. The number of hydrogen-bond donors (Lipinski definition) is 2. The molecule has 0 bridgehead atoms. The van der Waals surface area contributed by atoms with Crippen molar-refractivity contribution in [2.24, 2.45) is 0 Å². The zero-order valence-electron chi connectivity index (χ0n) is 20.3. The molecule has 194 valence electrons. The highest BCUT2D eigenvalue weighted by atomic mass is 16.5. The number of carbonyl (C=O) groups excluding carboxylic acids is 3. The van der Waals surface area contributed by atoms with E-state index in [4.69, 9.17) is 14.9 Å². The maximum atomic E-state index is 11.4. The molecule has 0 heterocycles. The molecule has 0 aliphatic rings. The SMILES string of the molecule is CCCCCCCC/C=C\CCCCCCCC(=O)OCC(O)CO.O=C([O-])CCC(=O)[O-]. The number of carbonyl (C=O) groups is 3. The highest BCUT2D eigenvalue weighted by Gasteiger charge is 2.07. The van der Waals surface area contributed by atoms with E-state index in [0.717, 1.165) is 25.7 Å². The van der Waals surface area contributed by atoms with E-state index in [-0.39, 0.29) is 19.2 Å². The third-order valence-electron chi connectivity index (χ3n) is 4.82. The summed E-state index contributed by atoms with van der Waals surface area (Å²) < 4.78 is 4.86.